The van der Waals surface area contributed by atoms with Gasteiger partial charge < -0.3 is 20.1 Å². The van der Waals surface area contributed by atoms with Crippen LogP contribution in [0.25, 0.3) is 10.9 Å². The second-order valence-corrected chi connectivity index (χ2v) is 4.60. The van der Waals surface area contributed by atoms with Crippen LogP contribution in [0.4, 0.5) is 4.79 Å². The number of fused-ring (bicyclic) bond motifs is 3. The molecule has 0 bridgehead atoms. The van der Waals surface area contributed by atoms with Crippen molar-refractivity contribution >= 4 is 23.0 Å². The van der Waals surface area contributed by atoms with Crippen molar-refractivity contribution in [1.29, 1.82) is 0 Å². The number of aromatic carboxylic acids is 1. The maximum Gasteiger partial charge on any atom is 0.407 e. The third-order valence-electron chi connectivity index (χ3n) is 3.49. The van der Waals surface area contributed by atoms with Gasteiger partial charge in [-0.15, -0.1) is 0 Å². The van der Waals surface area contributed by atoms with Gasteiger partial charge in [-0.1, -0.05) is 6.07 Å². The SMILES string of the molecule is O=C(O)c1ccc2c3c([nH]c2c1)CCN(C(=O)O)C3. The van der Waals surface area contributed by atoms with E-state index in [2.05, 4.69) is 4.98 Å². The van der Waals surface area contributed by atoms with Crippen LogP contribution in [-0.4, -0.2) is 38.7 Å². The summed E-state index contributed by atoms with van der Waals surface area (Å²) in [4.78, 5) is 26.5. The third kappa shape index (κ3) is 1.81. The highest BCUT2D eigenvalue weighted by atomic mass is 16.4. The largest absolute Gasteiger partial charge is 0.478 e. The molecular weight excluding hydrogens is 248 g/mol. The topological polar surface area (TPSA) is 93.6 Å². The van der Waals surface area contributed by atoms with E-state index in [0.29, 0.717) is 19.5 Å². The second-order valence-electron chi connectivity index (χ2n) is 4.60. The molecule has 0 aliphatic carbocycles. The molecule has 0 saturated carbocycles. The number of H-pyrrole nitrogens is 1. The summed E-state index contributed by atoms with van der Waals surface area (Å²) >= 11 is 0. The monoisotopic (exact) mass is 260 g/mol. The van der Waals surface area contributed by atoms with E-state index < -0.39 is 12.1 Å². The van der Waals surface area contributed by atoms with Gasteiger partial charge in [0.25, 0.3) is 0 Å². The minimum atomic E-state index is -0.971. The first-order valence-corrected chi connectivity index (χ1v) is 5.91. The van der Waals surface area contributed by atoms with E-state index >= 15 is 0 Å². The summed E-state index contributed by atoms with van der Waals surface area (Å²) < 4.78 is 0. The number of carboxylic acid groups (broad SMARTS) is 2. The van der Waals surface area contributed by atoms with Gasteiger partial charge in [0.15, 0.2) is 0 Å². The highest BCUT2D eigenvalue weighted by molar-refractivity contribution is 5.95. The van der Waals surface area contributed by atoms with E-state index in [1.807, 2.05) is 0 Å². The number of hydrogen-bond acceptors (Lipinski definition) is 2. The highest BCUT2D eigenvalue weighted by Crippen LogP contribution is 2.28. The zero-order valence-electron chi connectivity index (χ0n) is 10.0. The predicted molar refractivity (Wildman–Crippen MR) is 67.4 cm³/mol. The molecule has 3 N–H and O–H groups in total. The number of rotatable bonds is 1. The average Bonchev–Trinajstić information content (AvgIpc) is 2.74. The molecule has 0 unspecified atom stereocenters. The molecule has 1 aliphatic heterocycles. The number of nitrogens with zero attached hydrogens (tertiary/aromatic N) is 1. The summed E-state index contributed by atoms with van der Waals surface area (Å²) in [6, 6.07) is 4.86. The molecule has 3 rings (SSSR count). The number of aromatic amines is 1. The van der Waals surface area contributed by atoms with Gasteiger partial charge in [-0.3, -0.25) is 0 Å². The normalized spacial score (nSPS) is 14.4. The molecule has 6 heteroatoms. The number of carboxylic acids is 1. The van der Waals surface area contributed by atoms with E-state index in [1.54, 1.807) is 18.2 Å². The van der Waals surface area contributed by atoms with E-state index in [0.717, 1.165) is 22.2 Å². The van der Waals surface area contributed by atoms with Gasteiger partial charge in [-0.2, -0.15) is 0 Å². The summed E-state index contributed by atoms with van der Waals surface area (Å²) in [6.45, 7) is 0.804. The molecule has 19 heavy (non-hydrogen) atoms. The molecule has 0 radical (unpaired) electrons. The molecule has 1 amide bonds. The minimum Gasteiger partial charge on any atom is -0.478 e. The van der Waals surface area contributed by atoms with Crippen molar-refractivity contribution in [2.24, 2.45) is 0 Å². The Bertz CT molecular complexity index is 689. The summed E-state index contributed by atoms with van der Waals surface area (Å²) in [7, 11) is 0. The zero-order chi connectivity index (χ0) is 13.6. The lowest BCUT2D eigenvalue weighted by Gasteiger charge is -2.24. The number of amides is 1. The van der Waals surface area contributed by atoms with Crippen molar-refractivity contribution in [3.63, 3.8) is 0 Å². The highest BCUT2D eigenvalue weighted by Gasteiger charge is 2.23. The Morgan fingerprint density at radius 1 is 1.26 bits per heavy atom. The molecular formula is C13H12N2O4. The van der Waals surface area contributed by atoms with Crippen LogP contribution in [0.5, 0.6) is 0 Å². The van der Waals surface area contributed by atoms with Crippen molar-refractivity contribution in [2.45, 2.75) is 13.0 Å². The standard InChI is InChI=1S/C13H12N2O4/c16-12(17)7-1-2-8-9-6-15(13(18)19)4-3-10(9)14-11(8)5-7/h1-2,5,14H,3-4,6H2,(H,16,17)(H,18,19). The number of nitrogens with one attached hydrogen (secondary N) is 1. The van der Waals surface area contributed by atoms with Crippen LogP contribution < -0.4 is 0 Å². The third-order valence-corrected chi connectivity index (χ3v) is 3.49. The molecule has 0 spiro atoms. The Morgan fingerprint density at radius 2 is 2.05 bits per heavy atom. The van der Waals surface area contributed by atoms with Crippen molar-refractivity contribution in [2.75, 3.05) is 6.54 Å². The average molecular weight is 260 g/mol. The lowest BCUT2D eigenvalue weighted by atomic mass is 10.0. The van der Waals surface area contributed by atoms with Crippen LogP contribution in [0.1, 0.15) is 21.6 Å². The Balaban J connectivity index is 2.09. The van der Waals surface area contributed by atoms with Crippen LogP contribution in [0.3, 0.4) is 0 Å². The van der Waals surface area contributed by atoms with Gasteiger partial charge in [0.1, 0.15) is 0 Å². The molecule has 0 fully saturated rings. The maximum absolute atomic E-state index is 11.0. The van der Waals surface area contributed by atoms with Crippen molar-refractivity contribution in [1.82, 2.24) is 9.88 Å². The molecule has 1 aromatic heterocycles. The summed E-state index contributed by atoms with van der Waals surface area (Å²) in [5.74, 6) is -0.971. The quantitative estimate of drug-likeness (QED) is 0.730. The number of carbonyl (C=O) groups is 2. The van der Waals surface area contributed by atoms with E-state index in [1.165, 1.54) is 4.90 Å². The Labute approximate surface area is 108 Å². The molecule has 0 saturated heterocycles. The van der Waals surface area contributed by atoms with Crippen LogP contribution in [-0.2, 0) is 13.0 Å². The zero-order valence-corrected chi connectivity index (χ0v) is 10.0. The molecule has 0 atom stereocenters. The smallest absolute Gasteiger partial charge is 0.407 e. The first-order chi connectivity index (χ1) is 9.06. The van der Waals surface area contributed by atoms with Crippen LogP contribution in [0.2, 0.25) is 0 Å². The fourth-order valence-electron chi connectivity index (χ4n) is 2.52. The van der Waals surface area contributed by atoms with Gasteiger partial charge in [0.2, 0.25) is 0 Å². The summed E-state index contributed by atoms with van der Waals surface area (Å²) in [5, 5.41) is 18.9. The van der Waals surface area contributed by atoms with Crippen molar-refractivity contribution in [3.05, 3.63) is 35.0 Å². The van der Waals surface area contributed by atoms with Crippen molar-refractivity contribution < 1.29 is 19.8 Å². The van der Waals surface area contributed by atoms with E-state index in [-0.39, 0.29) is 5.56 Å². The lowest BCUT2D eigenvalue weighted by molar-refractivity contribution is 0.0697. The Kier molecular flexibility index (Phi) is 2.45. The maximum atomic E-state index is 11.0. The van der Waals surface area contributed by atoms with Gasteiger partial charge in [-0.05, 0) is 12.1 Å². The molecule has 98 valence electrons. The Morgan fingerprint density at radius 3 is 2.74 bits per heavy atom. The first kappa shape index (κ1) is 11.6. The van der Waals surface area contributed by atoms with Gasteiger partial charge in [0, 0.05) is 35.1 Å². The Hall–Kier alpha value is -2.50. The van der Waals surface area contributed by atoms with Gasteiger partial charge in [-0.25, -0.2) is 9.59 Å². The second kappa shape index (κ2) is 4.01. The fraction of sp³-hybridized carbons (Fsp3) is 0.231. The van der Waals surface area contributed by atoms with Crippen LogP contribution in [0, 0.1) is 0 Å². The van der Waals surface area contributed by atoms with Crippen LogP contribution in [0.15, 0.2) is 18.2 Å². The fourth-order valence-corrected chi connectivity index (χ4v) is 2.52. The first-order valence-electron chi connectivity index (χ1n) is 5.91. The number of aromatic nitrogens is 1. The summed E-state index contributed by atoms with van der Waals surface area (Å²) in [5.41, 5.74) is 2.91. The van der Waals surface area contributed by atoms with Gasteiger partial charge in [0.05, 0.1) is 12.1 Å². The van der Waals surface area contributed by atoms with E-state index in [4.69, 9.17) is 10.2 Å². The van der Waals surface area contributed by atoms with Crippen molar-refractivity contribution in [3.8, 4) is 0 Å². The minimum absolute atomic E-state index is 0.223. The predicted octanol–water partition coefficient (Wildman–Crippen LogP) is 1.90. The molecule has 2 aromatic rings. The lowest BCUT2D eigenvalue weighted by Crippen LogP contribution is -2.34. The van der Waals surface area contributed by atoms with Gasteiger partial charge >= 0.3 is 12.1 Å². The molecule has 1 aliphatic rings. The molecule has 2 heterocycles. The molecule has 6 nitrogen and oxygen atoms in total. The summed E-state index contributed by atoms with van der Waals surface area (Å²) in [6.07, 6.45) is -0.305. The van der Waals surface area contributed by atoms with E-state index in [9.17, 15) is 9.59 Å². The van der Waals surface area contributed by atoms with Crippen LogP contribution >= 0.6 is 0 Å². The number of benzene rings is 1. The number of hydrogen-bond donors (Lipinski definition) is 3. The molecule has 1 aromatic carbocycles.